The number of hydrogen-bond acceptors (Lipinski definition) is 3. The van der Waals surface area contributed by atoms with Crippen LogP contribution in [0.3, 0.4) is 0 Å². The predicted octanol–water partition coefficient (Wildman–Crippen LogP) is 3.21. The molecule has 6 nitrogen and oxygen atoms in total. The van der Waals surface area contributed by atoms with Crippen LogP contribution in [-0.4, -0.2) is 93.2 Å². The quantitative estimate of drug-likeness (QED) is 0.234. The van der Waals surface area contributed by atoms with E-state index in [4.69, 9.17) is 10.2 Å². The number of carbonyl (C=O) groups is 3. The number of aliphatic carboxylic acids is 2. The van der Waals surface area contributed by atoms with E-state index in [0.29, 0.717) is 6.42 Å². The molecule has 3 N–H and O–H groups in total. The maximum atomic E-state index is 11.7. The van der Waals surface area contributed by atoms with Gasteiger partial charge in [0.2, 0.25) is 5.91 Å². The number of amides is 1. The molecule has 0 aliphatic rings. The van der Waals surface area contributed by atoms with Crippen LogP contribution >= 0.6 is 0 Å². The van der Waals surface area contributed by atoms with Gasteiger partial charge in [-0.3, -0.25) is 9.59 Å². The van der Waals surface area contributed by atoms with E-state index in [2.05, 4.69) is 12.2 Å². The Morgan fingerprint density at radius 3 is 1.46 bits per heavy atom. The van der Waals surface area contributed by atoms with Crippen molar-refractivity contribution in [1.82, 2.24) is 5.32 Å². The summed E-state index contributed by atoms with van der Waals surface area (Å²) in [6.07, 6.45) is 15.5. The molecular weight excluding hydrogens is 380 g/mol. The van der Waals surface area contributed by atoms with Gasteiger partial charge in [0.15, 0.2) is 0 Å². The van der Waals surface area contributed by atoms with Crippen molar-refractivity contribution in [3.05, 3.63) is 0 Å². The fourth-order valence-corrected chi connectivity index (χ4v) is 2.94. The van der Waals surface area contributed by atoms with Crippen molar-refractivity contribution in [2.24, 2.45) is 0 Å². The normalized spacial score (nSPS) is 11.0. The summed E-state index contributed by atoms with van der Waals surface area (Å²) in [5.74, 6) is -2.94. The van der Waals surface area contributed by atoms with Crippen LogP contribution in [0.25, 0.3) is 0 Å². The van der Waals surface area contributed by atoms with Gasteiger partial charge in [-0.05, 0) is 6.42 Å². The summed E-state index contributed by atoms with van der Waals surface area (Å²) in [5.41, 5.74) is 0. The number of carboxylic acid groups (broad SMARTS) is 2. The summed E-state index contributed by atoms with van der Waals surface area (Å²) in [7, 11) is 0. The van der Waals surface area contributed by atoms with Gasteiger partial charge in [0.1, 0.15) is 6.04 Å². The van der Waals surface area contributed by atoms with Crippen LogP contribution in [0.2, 0.25) is 0 Å². The Balaban J connectivity index is -0.00000312. The van der Waals surface area contributed by atoms with Crippen molar-refractivity contribution in [2.45, 2.75) is 109 Å². The molecule has 0 saturated carbocycles. The van der Waals surface area contributed by atoms with Crippen LogP contribution in [0.4, 0.5) is 0 Å². The van der Waals surface area contributed by atoms with Gasteiger partial charge in [-0.1, -0.05) is 84.0 Å². The van der Waals surface area contributed by atoms with E-state index >= 15 is 0 Å². The summed E-state index contributed by atoms with van der Waals surface area (Å²) in [6, 6.07) is -1.35. The van der Waals surface area contributed by atoms with Gasteiger partial charge >= 0.3 is 71.1 Å². The molecule has 156 valence electrons. The van der Waals surface area contributed by atoms with E-state index in [1.54, 1.807) is 0 Å². The minimum atomic E-state index is -1.35. The van der Waals surface area contributed by atoms with Gasteiger partial charge < -0.3 is 15.5 Å². The zero-order chi connectivity index (χ0) is 19.6. The van der Waals surface area contributed by atoms with E-state index in [9.17, 15) is 14.4 Å². The number of hydrogen-bond donors (Lipinski definition) is 3. The second kappa shape index (κ2) is 23.7. The second-order valence-corrected chi connectivity index (χ2v) is 7.05. The monoisotopic (exact) mass is 419 g/mol. The fourth-order valence-electron chi connectivity index (χ4n) is 2.94. The molecule has 0 aromatic carbocycles. The molecule has 0 bridgehead atoms. The molecule has 0 radical (unpaired) electrons. The van der Waals surface area contributed by atoms with Gasteiger partial charge in [0.05, 0.1) is 6.42 Å². The molecule has 0 saturated heterocycles. The van der Waals surface area contributed by atoms with Crippen molar-refractivity contribution in [1.29, 1.82) is 0 Å². The van der Waals surface area contributed by atoms with E-state index < -0.39 is 24.4 Å². The molecule has 1 atom stereocenters. The van der Waals surface area contributed by atoms with Crippen LogP contribution in [0.1, 0.15) is 103 Å². The van der Waals surface area contributed by atoms with Crippen molar-refractivity contribution >= 4 is 77.0 Å². The average molecular weight is 420 g/mol. The first kappa shape index (κ1) is 33.1. The Morgan fingerprint density at radius 1 is 0.714 bits per heavy atom. The van der Waals surface area contributed by atoms with E-state index in [-0.39, 0.29) is 71.4 Å². The van der Waals surface area contributed by atoms with Crippen LogP contribution < -0.4 is 5.32 Å². The molecule has 8 heteroatoms. The molecule has 28 heavy (non-hydrogen) atoms. The van der Waals surface area contributed by atoms with Gasteiger partial charge in [0, 0.05) is 6.42 Å². The van der Waals surface area contributed by atoms with Crippen molar-refractivity contribution in [3.63, 3.8) is 0 Å². The number of carbonyl (C=O) groups excluding carboxylic acids is 1. The summed E-state index contributed by atoms with van der Waals surface area (Å²) in [5, 5.41) is 19.8. The molecule has 1 amide bonds. The fraction of sp³-hybridized carbons (Fsp3) is 0.850. The maximum absolute atomic E-state index is 11.7. The Morgan fingerprint density at radius 2 is 1.11 bits per heavy atom. The van der Waals surface area contributed by atoms with Crippen molar-refractivity contribution < 1.29 is 24.6 Å². The van der Waals surface area contributed by atoms with Gasteiger partial charge in [-0.25, -0.2) is 4.79 Å². The minimum absolute atomic E-state index is 0. The van der Waals surface area contributed by atoms with Crippen molar-refractivity contribution in [2.75, 3.05) is 0 Å². The average Bonchev–Trinajstić information content (AvgIpc) is 2.58. The van der Waals surface area contributed by atoms with Crippen LogP contribution in [0.5, 0.6) is 0 Å². The first-order valence-corrected chi connectivity index (χ1v) is 10.2. The Labute approximate surface area is 214 Å². The molecule has 0 unspecified atom stereocenters. The van der Waals surface area contributed by atoms with Gasteiger partial charge in [-0.15, -0.1) is 0 Å². The third-order valence-corrected chi connectivity index (χ3v) is 4.52. The van der Waals surface area contributed by atoms with Crippen LogP contribution in [0.15, 0.2) is 0 Å². The molecule has 0 aromatic heterocycles. The number of nitrogens with one attached hydrogen (secondary N) is 1. The molecule has 0 fully saturated rings. The topological polar surface area (TPSA) is 104 Å². The summed E-state index contributed by atoms with van der Waals surface area (Å²) >= 11 is 0. The molecular formula is C20H39NNa2O5. The van der Waals surface area contributed by atoms with Gasteiger partial charge in [0.25, 0.3) is 0 Å². The Bertz CT molecular complexity index is 408. The summed E-state index contributed by atoms with van der Waals surface area (Å²) in [4.78, 5) is 33.1. The molecule has 0 aromatic rings. The van der Waals surface area contributed by atoms with E-state index in [0.717, 1.165) is 12.8 Å². The number of unbranched alkanes of at least 4 members (excludes halogenated alkanes) is 12. The standard InChI is InChI=1S/C20H37NO5.2Na.2H/c1-2-3-4-5-6-7-8-9-10-11-12-13-14-15-18(22)21-17(20(25)26)16-19(23)24;;;;/h17H,2-16H2,1H3,(H,21,22)(H,23,24)(H,25,26);;;;/t17-;;;;/m0..../s1. The Hall–Kier alpha value is 0.410. The first-order valence-electron chi connectivity index (χ1n) is 10.2. The molecule has 0 spiro atoms. The number of rotatable bonds is 18. The zero-order valence-corrected chi connectivity index (χ0v) is 16.3. The van der Waals surface area contributed by atoms with Crippen molar-refractivity contribution in [3.8, 4) is 0 Å². The molecule has 0 aliphatic carbocycles. The van der Waals surface area contributed by atoms with Gasteiger partial charge in [-0.2, -0.15) is 0 Å². The molecule has 0 heterocycles. The molecule has 0 aliphatic heterocycles. The predicted molar refractivity (Wildman–Crippen MR) is 116 cm³/mol. The SMILES string of the molecule is CCCCCCCCCCCCCCCC(=O)N[C@@H](CC(=O)O)C(=O)O.[NaH].[NaH]. The zero-order valence-electron chi connectivity index (χ0n) is 16.3. The first-order chi connectivity index (χ1) is 12.5. The van der Waals surface area contributed by atoms with Crippen LogP contribution in [-0.2, 0) is 14.4 Å². The third-order valence-electron chi connectivity index (χ3n) is 4.52. The molecule has 0 rings (SSSR count). The summed E-state index contributed by atoms with van der Waals surface area (Å²) in [6.45, 7) is 2.23. The Kier molecular flexibility index (Phi) is 28.0. The third kappa shape index (κ3) is 22.7. The van der Waals surface area contributed by atoms with E-state index in [1.807, 2.05) is 0 Å². The number of carboxylic acids is 2. The van der Waals surface area contributed by atoms with E-state index in [1.165, 1.54) is 64.2 Å². The second-order valence-electron chi connectivity index (χ2n) is 7.05. The summed E-state index contributed by atoms with van der Waals surface area (Å²) < 4.78 is 0. The van der Waals surface area contributed by atoms with Crippen LogP contribution in [0, 0.1) is 0 Å².